The number of nitrogens with zero attached hydrogens (tertiary/aromatic N) is 2. The van der Waals surface area contributed by atoms with Crippen LogP contribution in [0, 0.1) is 23.7 Å². The molecule has 5 rings (SSSR count). The van der Waals surface area contributed by atoms with Crippen LogP contribution in [-0.4, -0.2) is 55.5 Å². The second kappa shape index (κ2) is 6.74. The first-order valence-electron chi connectivity index (χ1n) is 9.88. The minimum absolute atomic E-state index is 0.154. The molecule has 4 atom stereocenters. The molecule has 28 heavy (non-hydrogen) atoms. The van der Waals surface area contributed by atoms with Gasteiger partial charge in [0.2, 0.25) is 17.7 Å². The molecule has 1 aromatic carbocycles. The van der Waals surface area contributed by atoms with E-state index in [0.717, 1.165) is 30.1 Å². The first-order valence-corrected chi connectivity index (χ1v) is 9.88. The molecule has 0 spiro atoms. The number of amides is 3. The Hall–Kier alpha value is -2.67. The molecule has 0 unspecified atom stereocenters. The molecule has 0 aromatic heterocycles. The molecular formula is C21H23N3O4. The molecule has 3 fully saturated rings. The molecule has 1 aromatic rings. The third-order valence-corrected chi connectivity index (χ3v) is 6.39. The van der Waals surface area contributed by atoms with Crippen molar-refractivity contribution < 1.29 is 19.1 Å². The predicted octanol–water partition coefficient (Wildman–Crippen LogP) is 1.27. The van der Waals surface area contributed by atoms with Crippen LogP contribution in [0.25, 0.3) is 0 Å². The van der Waals surface area contributed by atoms with E-state index in [0.29, 0.717) is 18.9 Å². The number of rotatable bonds is 4. The van der Waals surface area contributed by atoms with Crippen LogP contribution in [-0.2, 0) is 19.1 Å². The van der Waals surface area contributed by atoms with Gasteiger partial charge in [0.25, 0.3) is 0 Å². The Kier molecular flexibility index (Phi) is 4.19. The van der Waals surface area contributed by atoms with Crippen LogP contribution >= 0.6 is 0 Å². The van der Waals surface area contributed by atoms with E-state index >= 15 is 0 Å². The van der Waals surface area contributed by atoms with Crippen LogP contribution in [0.4, 0.5) is 11.4 Å². The number of ether oxygens (including phenoxy) is 1. The Balaban J connectivity index is 1.29. The minimum atomic E-state index is -0.345. The minimum Gasteiger partial charge on any atom is -0.378 e. The molecule has 1 saturated carbocycles. The lowest BCUT2D eigenvalue weighted by atomic mass is 9.85. The lowest BCUT2D eigenvalue weighted by molar-refractivity contribution is -0.143. The zero-order valence-corrected chi connectivity index (χ0v) is 15.5. The van der Waals surface area contributed by atoms with Crippen molar-refractivity contribution in [3.05, 3.63) is 36.4 Å². The second-order valence-corrected chi connectivity index (χ2v) is 7.93. The van der Waals surface area contributed by atoms with Crippen LogP contribution in [0.15, 0.2) is 36.4 Å². The summed E-state index contributed by atoms with van der Waals surface area (Å²) in [6, 6.07) is 7.59. The van der Waals surface area contributed by atoms with E-state index in [-0.39, 0.29) is 47.9 Å². The average Bonchev–Trinajstić information content (AvgIpc) is 3.39. The number of hydrogen-bond donors (Lipinski definition) is 1. The fourth-order valence-corrected chi connectivity index (χ4v) is 5.11. The maximum atomic E-state index is 12.8. The van der Waals surface area contributed by atoms with Crippen molar-refractivity contribution >= 4 is 29.1 Å². The summed E-state index contributed by atoms with van der Waals surface area (Å²) in [6.45, 7) is 2.60. The van der Waals surface area contributed by atoms with Gasteiger partial charge in [0, 0.05) is 13.1 Å². The van der Waals surface area contributed by atoms with Gasteiger partial charge in [0.1, 0.15) is 6.54 Å². The normalized spacial score (nSPS) is 30.9. The first kappa shape index (κ1) is 17.4. The second-order valence-electron chi connectivity index (χ2n) is 7.93. The Labute approximate surface area is 163 Å². The van der Waals surface area contributed by atoms with Gasteiger partial charge in [-0.05, 0) is 30.4 Å². The number of fused-ring (bicyclic) bond motifs is 5. The zero-order valence-electron chi connectivity index (χ0n) is 15.5. The Morgan fingerprint density at radius 2 is 1.68 bits per heavy atom. The highest BCUT2D eigenvalue weighted by molar-refractivity contribution is 6.09. The fourth-order valence-electron chi connectivity index (χ4n) is 5.11. The molecule has 2 aliphatic heterocycles. The van der Waals surface area contributed by atoms with Crippen LogP contribution in [0.5, 0.6) is 0 Å². The monoisotopic (exact) mass is 381 g/mol. The van der Waals surface area contributed by atoms with Gasteiger partial charge in [0.05, 0.1) is 36.4 Å². The Bertz CT molecular complexity index is 831. The summed E-state index contributed by atoms with van der Waals surface area (Å²) in [5.74, 6) is -0.954. The van der Waals surface area contributed by atoms with Crippen LogP contribution in [0.3, 0.4) is 0 Å². The first-order chi connectivity index (χ1) is 13.6. The largest absolute Gasteiger partial charge is 0.378 e. The highest BCUT2D eigenvalue weighted by Crippen LogP contribution is 2.52. The van der Waals surface area contributed by atoms with E-state index in [2.05, 4.69) is 22.4 Å². The number of allylic oxidation sites excluding steroid dienone is 2. The van der Waals surface area contributed by atoms with Crippen molar-refractivity contribution in [3.63, 3.8) is 0 Å². The summed E-state index contributed by atoms with van der Waals surface area (Å²) in [6.07, 6.45) is 5.00. The standard InChI is InChI=1S/C21H23N3O4/c25-17(22-15-3-1-2-4-16(15)23-7-9-28-10-8-23)12-24-20(26)18-13-5-6-14(11-13)19(18)21(24)27/h1-6,13-14,18-19H,7-12H2,(H,22,25)/t13-,14+,18+,19-. The third kappa shape index (κ3) is 2.73. The van der Waals surface area contributed by atoms with Crippen LogP contribution in [0.2, 0.25) is 0 Å². The molecule has 7 heteroatoms. The van der Waals surface area contributed by atoms with Crippen molar-refractivity contribution in [3.8, 4) is 0 Å². The zero-order chi connectivity index (χ0) is 19.3. The van der Waals surface area contributed by atoms with Crippen molar-refractivity contribution in [2.75, 3.05) is 43.1 Å². The molecule has 2 heterocycles. The predicted molar refractivity (Wildman–Crippen MR) is 103 cm³/mol. The topological polar surface area (TPSA) is 79.0 Å². The Morgan fingerprint density at radius 3 is 2.36 bits per heavy atom. The van der Waals surface area contributed by atoms with Gasteiger partial charge in [-0.1, -0.05) is 24.3 Å². The molecule has 2 saturated heterocycles. The summed E-state index contributed by atoms with van der Waals surface area (Å²) in [7, 11) is 0. The van der Waals surface area contributed by atoms with Crippen LogP contribution < -0.4 is 10.2 Å². The number of imide groups is 1. The van der Waals surface area contributed by atoms with Crippen molar-refractivity contribution in [2.24, 2.45) is 23.7 Å². The molecule has 1 N–H and O–H groups in total. The number of para-hydroxylation sites is 2. The number of hydrogen-bond acceptors (Lipinski definition) is 5. The van der Waals surface area contributed by atoms with E-state index in [1.807, 2.05) is 24.3 Å². The number of nitrogens with one attached hydrogen (secondary N) is 1. The molecule has 2 aliphatic carbocycles. The van der Waals surface area contributed by atoms with Gasteiger partial charge < -0.3 is 15.0 Å². The number of anilines is 2. The molecule has 2 bridgehead atoms. The summed E-state index contributed by atoms with van der Waals surface area (Å²) >= 11 is 0. The van der Waals surface area contributed by atoms with Gasteiger partial charge >= 0.3 is 0 Å². The van der Waals surface area contributed by atoms with E-state index in [4.69, 9.17) is 4.74 Å². The molecular weight excluding hydrogens is 358 g/mol. The number of likely N-dealkylation sites (tertiary alicyclic amines) is 1. The van der Waals surface area contributed by atoms with Gasteiger partial charge in [-0.3, -0.25) is 19.3 Å². The number of morpholine rings is 1. The maximum absolute atomic E-state index is 12.8. The molecule has 4 aliphatic rings. The number of carbonyl (C=O) groups excluding carboxylic acids is 3. The van der Waals surface area contributed by atoms with Crippen molar-refractivity contribution in [2.45, 2.75) is 6.42 Å². The fraction of sp³-hybridized carbons (Fsp3) is 0.476. The van der Waals surface area contributed by atoms with Crippen LogP contribution in [0.1, 0.15) is 6.42 Å². The molecule has 0 radical (unpaired) electrons. The maximum Gasteiger partial charge on any atom is 0.244 e. The van der Waals surface area contributed by atoms with Gasteiger partial charge in [-0.15, -0.1) is 0 Å². The van der Waals surface area contributed by atoms with E-state index in [1.165, 1.54) is 0 Å². The van der Waals surface area contributed by atoms with E-state index in [1.54, 1.807) is 0 Å². The summed E-state index contributed by atoms with van der Waals surface area (Å²) < 4.78 is 5.40. The van der Waals surface area contributed by atoms with Crippen molar-refractivity contribution in [1.82, 2.24) is 4.90 Å². The summed E-state index contributed by atoms with van der Waals surface area (Å²) in [4.78, 5) is 41.5. The smallest absolute Gasteiger partial charge is 0.244 e. The van der Waals surface area contributed by atoms with E-state index < -0.39 is 0 Å². The lowest BCUT2D eigenvalue weighted by Gasteiger charge is -2.30. The lowest BCUT2D eigenvalue weighted by Crippen LogP contribution is -2.40. The molecule has 3 amide bonds. The third-order valence-electron chi connectivity index (χ3n) is 6.39. The molecule has 7 nitrogen and oxygen atoms in total. The SMILES string of the molecule is O=C(CN1C(=O)[C@@H]2[C@H](C1=O)[C@H]1C=C[C@@H]2C1)Nc1ccccc1N1CCOCC1. The van der Waals surface area contributed by atoms with E-state index in [9.17, 15) is 14.4 Å². The number of benzene rings is 1. The average molecular weight is 381 g/mol. The van der Waals surface area contributed by atoms with Gasteiger partial charge in [-0.25, -0.2) is 0 Å². The Morgan fingerprint density at radius 1 is 1.04 bits per heavy atom. The highest BCUT2D eigenvalue weighted by atomic mass is 16.5. The summed E-state index contributed by atoms with van der Waals surface area (Å²) in [5, 5.41) is 2.90. The van der Waals surface area contributed by atoms with Gasteiger partial charge in [-0.2, -0.15) is 0 Å². The van der Waals surface area contributed by atoms with Crippen molar-refractivity contribution in [1.29, 1.82) is 0 Å². The summed E-state index contributed by atoms with van der Waals surface area (Å²) in [5.41, 5.74) is 1.62. The quantitative estimate of drug-likeness (QED) is 0.628. The molecule has 146 valence electrons. The highest BCUT2D eigenvalue weighted by Gasteiger charge is 2.59. The van der Waals surface area contributed by atoms with Gasteiger partial charge in [0.15, 0.2) is 0 Å². The number of carbonyl (C=O) groups is 3.